The highest BCUT2D eigenvalue weighted by Gasteiger charge is 2.50. The van der Waals surface area contributed by atoms with E-state index in [2.05, 4.69) is 15.2 Å². The maximum atomic E-state index is 9.55. The molecule has 0 atom stereocenters. The number of hydrogen-bond acceptors (Lipinski definition) is 5. The van der Waals surface area contributed by atoms with E-state index in [1.807, 2.05) is 42.5 Å². The highest BCUT2D eigenvalue weighted by Crippen LogP contribution is 2.52. The summed E-state index contributed by atoms with van der Waals surface area (Å²) in [6, 6.07) is 17.2. The van der Waals surface area contributed by atoms with Crippen molar-refractivity contribution in [3.8, 4) is 17.0 Å². The Bertz CT molecular complexity index is 1050. The first-order valence-electron chi connectivity index (χ1n) is 8.20. The predicted molar refractivity (Wildman–Crippen MR) is 92.1 cm³/mol. The number of hydrogen-bond donors (Lipinski definition) is 1. The van der Waals surface area contributed by atoms with Gasteiger partial charge in [-0.1, -0.05) is 42.5 Å². The summed E-state index contributed by atoms with van der Waals surface area (Å²) in [6.45, 7) is 0. The number of aromatic nitrogens is 5. The van der Waals surface area contributed by atoms with Gasteiger partial charge in [-0.2, -0.15) is 9.61 Å². The molecule has 0 amide bonds. The Balaban J connectivity index is 1.66. The van der Waals surface area contributed by atoms with Crippen LogP contribution in [0.5, 0.6) is 5.75 Å². The Morgan fingerprint density at radius 1 is 0.920 bits per heavy atom. The monoisotopic (exact) mass is 329 g/mol. The van der Waals surface area contributed by atoms with Crippen LogP contribution in [0.15, 0.2) is 60.8 Å². The van der Waals surface area contributed by atoms with E-state index in [1.165, 1.54) is 0 Å². The van der Waals surface area contributed by atoms with Crippen molar-refractivity contribution < 1.29 is 5.11 Å². The van der Waals surface area contributed by atoms with Gasteiger partial charge in [0, 0.05) is 5.56 Å². The van der Waals surface area contributed by atoms with Crippen molar-refractivity contribution in [3.05, 3.63) is 72.2 Å². The maximum Gasteiger partial charge on any atom is 0.271 e. The molecule has 6 heteroatoms. The first-order valence-corrected chi connectivity index (χ1v) is 8.20. The smallest absolute Gasteiger partial charge is 0.271 e. The van der Waals surface area contributed by atoms with Crippen LogP contribution in [0.1, 0.15) is 24.2 Å². The zero-order valence-electron chi connectivity index (χ0n) is 13.4. The fourth-order valence-corrected chi connectivity index (χ4v) is 3.28. The summed E-state index contributed by atoms with van der Waals surface area (Å²) < 4.78 is 1.75. The maximum absolute atomic E-state index is 9.55. The van der Waals surface area contributed by atoms with E-state index in [9.17, 15) is 5.11 Å². The van der Waals surface area contributed by atoms with Crippen LogP contribution in [-0.2, 0) is 5.41 Å². The van der Waals surface area contributed by atoms with E-state index in [0.717, 1.165) is 35.5 Å². The second-order valence-electron chi connectivity index (χ2n) is 6.37. The topological polar surface area (TPSA) is 76.2 Å². The van der Waals surface area contributed by atoms with Crippen molar-refractivity contribution in [3.63, 3.8) is 0 Å². The molecule has 0 saturated heterocycles. The molecule has 6 nitrogen and oxygen atoms in total. The SMILES string of the molecule is Oc1ccc(C2(c3nnc4ncc(-c5ccccc5)nn34)CC2)cc1. The zero-order chi connectivity index (χ0) is 16.9. The first-order chi connectivity index (χ1) is 12.3. The van der Waals surface area contributed by atoms with Gasteiger partial charge in [0.15, 0.2) is 5.82 Å². The van der Waals surface area contributed by atoms with Crippen LogP contribution >= 0.6 is 0 Å². The van der Waals surface area contributed by atoms with Crippen LogP contribution in [0.4, 0.5) is 0 Å². The second kappa shape index (κ2) is 5.11. The molecule has 0 aliphatic heterocycles. The largest absolute Gasteiger partial charge is 0.508 e. The molecule has 0 radical (unpaired) electrons. The molecule has 0 bridgehead atoms. The quantitative estimate of drug-likeness (QED) is 0.625. The van der Waals surface area contributed by atoms with Gasteiger partial charge in [0.1, 0.15) is 11.4 Å². The zero-order valence-corrected chi connectivity index (χ0v) is 13.4. The lowest BCUT2D eigenvalue weighted by atomic mass is 9.95. The highest BCUT2D eigenvalue weighted by molar-refractivity contribution is 5.58. The Morgan fingerprint density at radius 2 is 1.68 bits per heavy atom. The number of aromatic hydroxyl groups is 1. The van der Waals surface area contributed by atoms with Crippen molar-refractivity contribution >= 4 is 5.78 Å². The van der Waals surface area contributed by atoms with E-state index >= 15 is 0 Å². The molecule has 1 N–H and O–H groups in total. The van der Waals surface area contributed by atoms with Gasteiger partial charge < -0.3 is 5.11 Å². The summed E-state index contributed by atoms with van der Waals surface area (Å²) in [7, 11) is 0. The number of phenols is 1. The summed E-state index contributed by atoms with van der Waals surface area (Å²) in [4.78, 5) is 4.41. The second-order valence-corrected chi connectivity index (χ2v) is 6.37. The van der Waals surface area contributed by atoms with Gasteiger partial charge in [0.05, 0.1) is 11.6 Å². The lowest BCUT2D eigenvalue weighted by molar-refractivity contribution is 0.475. The average molecular weight is 329 g/mol. The fraction of sp³-hybridized carbons (Fsp3) is 0.158. The Kier molecular flexibility index (Phi) is 2.88. The van der Waals surface area contributed by atoms with Crippen LogP contribution in [0, 0.1) is 0 Å². The molecule has 1 aliphatic carbocycles. The number of nitrogens with zero attached hydrogens (tertiary/aromatic N) is 5. The number of rotatable bonds is 3. The molecule has 25 heavy (non-hydrogen) atoms. The summed E-state index contributed by atoms with van der Waals surface area (Å²) in [5.74, 6) is 1.56. The van der Waals surface area contributed by atoms with Crippen molar-refractivity contribution in [2.24, 2.45) is 0 Å². The van der Waals surface area contributed by atoms with Crippen molar-refractivity contribution in [2.75, 3.05) is 0 Å². The number of phenolic OH excluding ortho intramolecular Hbond substituents is 1. The van der Waals surface area contributed by atoms with E-state index in [1.54, 1.807) is 22.8 Å². The Hall–Kier alpha value is -3.28. The molecule has 2 aromatic heterocycles. The van der Waals surface area contributed by atoms with Crippen molar-refractivity contribution in [2.45, 2.75) is 18.3 Å². The lowest BCUT2D eigenvalue weighted by Gasteiger charge is -2.13. The minimum Gasteiger partial charge on any atom is -0.508 e. The molecule has 1 saturated carbocycles. The summed E-state index contributed by atoms with van der Waals surface area (Å²) in [5, 5.41) is 22.9. The molecule has 122 valence electrons. The molecule has 1 fully saturated rings. The molecule has 4 aromatic rings. The van der Waals surface area contributed by atoms with Crippen LogP contribution < -0.4 is 0 Å². The van der Waals surface area contributed by atoms with Gasteiger partial charge >= 0.3 is 0 Å². The lowest BCUT2D eigenvalue weighted by Crippen LogP contribution is -2.15. The molecule has 2 aromatic carbocycles. The molecule has 0 unspecified atom stereocenters. The van der Waals surface area contributed by atoms with Crippen LogP contribution in [-0.4, -0.2) is 29.9 Å². The van der Waals surface area contributed by atoms with Crippen molar-refractivity contribution in [1.82, 2.24) is 24.8 Å². The van der Waals surface area contributed by atoms with Gasteiger partial charge in [-0.15, -0.1) is 10.2 Å². The standard InChI is InChI=1S/C19H15N5O/c25-15-8-6-14(7-9-15)19(10-11-19)17-21-22-18-20-12-16(23-24(17)18)13-4-2-1-3-5-13/h1-9,12,25H,10-11H2. The number of benzene rings is 2. The van der Waals surface area contributed by atoms with Crippen LogP contribution in [0.2, 0.25) is 0 Å². The van der Waals surface area contributed by atoms with Crippen molar-refractivity contribution in [1.29, 1.82) is 0 Å². The van der Waals surface area contributed by atoms with E-state index in [-0.39, 0.29) is 11.2 Å². The molecular weight excluding hydrogens is 314 g/mol. The summed E-state index contributed by atoms with van der Waals surface area (Å²) >= 11 is 0. The van der Waals surface area contributed by atoms with E-state index < -0.39 is 0 Å². The summed E-state index contributed by atoms with van der Waals surface area (Å²) in [6.07, 6.45) is 3.69. The molecule has 0 spiro atoms. The Morgan fingerprint density at radius 3 is 2.40 bits per heavy atom. The van der Waals surface area contributed by atoms with Gasteiger partial charge in [-0.25, -0.2) is 4.98 Å². The van der Waals surface area contributed by atoms with Crippen LogP contribution in [0.3, 0.4) is 0 Å². The van der Waals surface area contributed by atoms with Gasteiger partial charge in [0.2, 0.25) is 0 Å². The normalized spacial score (nSPS) is 15.4. The first kappa shape index (κ1) is 14.1. The van der Waals surface area contributed by atoms with Gasteiger partial charge in [0.25, 0.3) is 5.78 Å². The summed E-state index contributed by atoms with van der Waals surface area (Å²) in [5.41, 5.74) is 2.71. The molecular formula is C19H15N5O. The highest BCUT2D eigenvalue weighted by atomic mass is 16.3. The van der Waals surface area contributed by atoms with Gasteiger partial charge in [-0.3, -0.25) is 0 Å². The third-order valence-electron chi connectivity index (χ3n) is 4.80. The molecule has 2 heterocycles. The van der Waals surface area contributed by atoms with Gasteiger partial charge in [-0.05, 0) is 30.5 Å². The number of fused-ring (bicyclic) bond motifs is 1. The Labute approximate surface area is 143 Å². The third kappa shape index (κ3) is 2.18. The average Bonchev–Trinajstić information content (AvgIpc) is 3.35. The van der Waals surface area contributed by atoms with E-state index in [4.69, 9.17) is 5.10 Å². The minimum atomic E-state index is -0.197. The van der Waals surface area contributed by atoms with E-state index in [0.29, 0.717) is 5.78 Å². The minimum absolute atomic E-state index is 0.197. The predicted octanol–water partition coefficient (Wildman–Crippen LogP) is 2.97. The third-order valence-corrected chi connectivity index (χ3v) is 4.80. The van der Waals surface area contributed by atoms with Crippen LogP contribution in [0.25, 0.3) is 17.0 Å². The molecule has 5 rings (SSSR count). The molecule has 1 aliphatic rings. The fourth-order valence-electron chi connectivity index (χ4n) is 3.28.